The van der Waals surface area contributed by atoms with Gasteiger partial charge in [0.1, 0.15) is 0 Å². The van der Waals surface area contributed by atoms with Crippen molar-refractivity contribution in [2.24, 2.45) is 0 Å². The van der Waals surface area contributed by atoms with Gasteiger partial charge < -0.3 is 0 Å². The number of rotatable bonds is 4. The molecule has 8 rings (SSSR count). The Hall–Kier alpha value is -3.69. The summed E-state index contributed by atoms with van der Waals surface area (Å²) in [7, 11) is 0. The first-order valence-corrected chi connectivity index (χ1v) is 17.9. The minimum absolute atomic E-state index is 0.577. The molecule has 0 aliphatic heterocycles. The van der Waals surface area contributed by atoms with Gasteiger partial charge in [-0.05, 0) is 0 Å². The van der Waals surface area contributed by atoms with Gasteiger partial charge in [-0.15, -0.1) is 0 Å². The molecule has 2 aliphatic carbocycles. The molecule has 2 nitrogen and oxygen atoms in total. The predicted octanol–water partition coefficient (Wildman–Crippen LogP) is 9.27. The summed E-state index contributed by atoms with van der Waals surface area (Å²) in [6.45, 7) is 4.76. The first-order valence-electron chi connectivity index (χ1n) is 13.7. The second-order valence-corrected chi connectivity index (χ2v) is 16.1. The Morgan fingerprint density at radius 2 is 0.872 bits per heavy atom. The Labute approximate surface area is 240 Å². The van der Waals surface area contributed by atoms with Crippen molar-refractivity contribution >= 4 is 34.0 Å². The average Bonchev–Trinajstić information content (AvgIpc) is 3.66. The Morgan fingerprint density at radius 3 is 1.31 bits per heavy atom. The molecule has 2 unspecified atom stereocenters. The maximum absolute atomic E-state index is 2.49. The third-order valence-electron chi connectivity index (χ3n) is 8.48. The number of allylic oxidation sites excluding steroid dienone is 2. The quantitative estimate of drug-likeness (QED) is 0.166. The number of aromatic nitrogens is 2. The molecular formula is C36H28HfN2. The van der Waals surface area contributed by atoms with Crippen LogP contribution in [0.1, 0.15) is 43.7 Å². The Morgan fingerprint density at radius 1 is 0.487 bits per heavy atom. The Kier molecular flexibility index (Phi) is 5.31. The summed E-state index contributed by atoms with van der Waals surface area (Å²) >= 11 is -1.30. The fourth-order valence-corrected chi connectivity index (χ4v) is 13.9. The number of benzene rings is 4. The van der Waals surface area contributed by atoms with Crippen LogP contribution in [0.4, 0.5) is 0 Å². The molecule has 39 heavy (non-hydrogen) atoms. The van der Waals surface area contributed by atoms with Crippen molar-refractivity contribution in [2.75, 3.05) is 0 Å². The van der Waals surface area contributed by atoms with Crippen molar-refractivity contribution in [2.45, 2.75) is 21.2 Å². The van der Waals surface area contributed by atoms with Crippen LogP contribution in [-0.2, 0) is 22.9 Å². The van der Waals surface area contributed by atoms with Gasteiger partial charge >= 0.3 is 241 Å². The molecular weight excluding hydrogens is 639 g/mol. The third kappa shape index (κ3) is 3.42. The molecule has 0 radical (unpaired) electrons. The fourth-order valence-electron chi connectivity index (χ4n) is 6.82. The van der Waals surface area contributed by atoms with Gasteiger partial charge in [-0.3, -0.25) is 0 Å². The molecule has 6 aromatic rings. The fraction of sp³-hybridized carbons (Fsp3) is 0.111. The first-order chi connectivity index (χ1) is 19.2. The van der Waals surface area contributed by atoms with Crippen LogP contribution in [-0.4, -0.2) is 9.13 Å². The van der Waals surface area contributed by atoms with E-state index < -0.39 is 22.9 Å². The number of nitrogens with zero attached hydrogens (tertiary/aromatic N) is 2. The van der Waals surface area contributed by atoms with Crippen LogP contribution in [0.2, 0.25) is 0 Å². The summed E-state index contributed by atoms with van der Waals surface area (Å²) in [6.07, 6.45) is 4.98. The predicted molar refractivity (Wildman–Crippen MR) is 159 cm³/mol. The van der Waals surface area contributed by atoms with Crippen molar-refractivity contribution < 1.29 is 22.9 Å². The van der Waals surface area contributed by atoms with E-state index in [0.717, 1.165) is 0 Å². The SMILES string of the molecule is CC1=Cc2c(c3ccccc3n2-c2ccccc2)[CH]1[Hf][CH]1C(C)=Cc2c1c1ccccc1n2-c1ccccc1. The molecule has 186 valence electrons. The number of fused-ring (bicyclic) bond motifs is 6. The van der Waals surface area contributed by atoms with E-state index >= 15 is 0 Å². The van der Waals surface area contributed by atoms with Crippen LogP contribution in [0.25, 0.3) is 45.3 Å². The van der Waals surface area contributed by atoms with E-state index in [0.29, 0.717) is 7.35 Å². The Balaban J connectivity index is 1.29. The van der Waals surface area contributed by atoms with E-state index in [9.17, 15) is 0 Å². The van der Waals surface area contributed by atoms with Crippen molar-refractivity contribution in [3.63, 3.8) is 0 Å². The van der Waals surface area contributed by atoms with Gasteiger partial charge in [-0.25, -0.2) is 0 Å². The van der Waals surface area contributed by atoms with Gasteiger partial charge in [-0.1, -0.05) is 0 Å². The van der Waals surface area contributed by atoms with Crippen LogP contribution in [0, 0.1) is 0 Å². The minimum atomic E-state index is -1.30. The van der Waals surface area contributed by atoms with Crippen LogP contribution >= 0.6 is 0 Å². The van der Waals surface area contributed by atoms with E-state index in [4.69, 9.17) is 0 Å². The van der Waals surface area contributed by atoms with Gasteiger partial charge in [0, 0.05) is 0 Å². The molecule has 0 saturated heterocycles. The summed E-state index contributed by atoms with van der Waals surface area (Å²) in [6, 6.07) is 39.8. The van der Waals surface area contributed by atoms with Gasteiger partial charge in [-0.2, -0.15) is 0 Å². The zero-order valence-electron chi connectivity index (χ0n) is 22.1. The zero-order chi connectivity index (χ0) is 26.1. The van der Waals surface area contributed by atoms with E-state index in [2.05, 4.69) is 144 Å². The summed E-state index contributed by atoms with van der Waals surface area (Å²) in [5, 5.41) is 2.85. The van der Waals surface area contributed by atoms with Crippen molar-refractivity contribution in [1.82, 2.24) is 9.13 Å². The monoisotopic (exact) mass is 668 g/mol. The molecule has 0 fully saturated rings. The molecule has 2 atom stereocenters. The molecule has 2 aromatic heterocycles. The normalized spacial score (nSPS) is 17.8. The first kappa shape index (κ1) is 23.2. The van der Waals surface area contributed by atoms with Crippen LogP contribution in [0.5, 0.6) is 0 Å². The van der Waals surface area contributed by atoms with Gasteiger partial charge in [0.25, 0.3) is 0 Å². The summed E-state index contributed by atoms with van der Waals surface area (Å²) < 4.78 is 6.13. The van der Waals surface area contributed by atoms with Gasteiger partial charge in [0.05, 0.1) is 0 Å². The Bertz CT molecular complexity index is 1810. The van der Waals surface area contributed by atoms with Gasteiger partial charge in [0.2, 0.25) is 0 Å². The van der Waals surface area contributed by atoms with Gasteiger partial charge in [0.15, 0.2) is 0 Å². The summed E-state index contributed by atoms with van der Waals surface area (Å²) in [4.78, 5) is 0. The van der Waals surface area contributed by atoms with E-state index in [1.807, 2.05) is 0 Å². The average molecular weight is 667 g/mol. The molecule has 4 aromatic carbocycles. The molecule has 0 saturated carbocycles. The van der Waals surface area contributed by atoms with Crippen molar-refractivity contribution in [3.05, 3.63) is 143 Å². The standard InChI is InChI=1S/2C18H14N.Hf/c2*1-13-11-16-15-9-5-6-10-17(15)19(18(16)12-13)14-7-3-2-4-8-14;/h2*2-12H,1H3;. The van der Waals surface area contributed by atoms with Crippen LogP contribution in [0.3, 0.4) is 0 Å². The topological polar surface area (TPSA) is 9.86 Å². The molecule has 0 spiro atoms. The van der Waals surface area contributed by atoms with E-state index in [1.165, 1.54) is 44.6 Å². The van der Waals surface area contributed by atoms with E-state index in [1.54, 1.807) is 22.3 Å². The molecule has 0 bridgehead atoms. The summed E-state index contributed by atoms with van der Waals surface area (Å²) in [5.41, 5.74) is 14.2. The summed E-state index contributed by atoms with van der Waals surface area (Å²) in [5.74, 6) is 0. The maximum atomic E-state index is 2.49. The second-order valence-electron chi connectivity index (χ2n) is 10.8. The molecule has 2 aliphatic rings. The molecule has 0 amide bonds. The van der Waals surface area contributed by atoms with Crippen molar-refractivity contribution in [3.8, 4) is 11.4 Å². The van der Waals surface area contributed by atoms with Crippen LogP contribution < -0.4 is 0 Å². The van der Waals surface area contributed by atoms with Crippen molar-refractivity contribution in [1.29, 1.82) is 0 Å². The zero-order valence-corrected chi connectivity index (χ0v) is 25.7. The van der Waals surface area contributed by atoms with Crippen LogP contribution in [0.15, 0.2) is 120 Å². The number of hydrogen-bond donors (Lipinski definition) is 0. The number of para-hydroxylation sites is 4. The number of hydrogen-bond acceptors (Lipinski definition) is 0. The third-order valence-corrected chi connectivity index (χ3v) is 16.2. The van der Waals surface area contributed by atoms with E-state index in [-0.39, 0.29) is 0 Å². The molecule has 0 N–H and O–H groups in total. The molecule has 3 heteroatoms. The molecule has 2 heterocycles. The second kappa shape index (κ2) is 8.93.